The molecule has 1 N–H and O–H groups in total. The summed E-state index contributed by atoms with van der Waals surface area (Å²) in [7, 11) is -3.58. The monoisotopic (exact) mass is 351 g/mol. The molecule has 130 valence electrons. The molecule has 0 bridgehead atoms. The maximum atomic E-state index is 12.8. The van der Waals surface area contributed by atoms with Crippen molar-refractivity contribution in [2.75, 3.05) is 13.1 Å². The zero-order valence-corrected chi connectivity index (χ0v) is 14.5. The minimum Gasteiger partial charge on any atom is -0.497 e. The summed E-state index contributed by atoms with van der Waals surface area (Å²) < 4.78 is 32.6. The largest absolute Gasteiger partial charge is 0.497 e. The second-order valence-electron chi connectivity index (χ2n) is 6.45. The molecule has 0 aromatic heterocycles. The predicted molar refractivity (Wildman–Crippen MR) is 87.8 cm³/mol. The number of rotatable bonds is 3. The molecule has 7 heteroatoms. The lowest BCUT2D eigenvalue weighted by Gasteiger charge is -2.42. The Balaban J connectivity index is 1.85. The summed E-state index contributed by atoms with van der Waals surface area (Å²) in [5.41, 5.74) is 1.24. The molecule has 1 fully saturated rings. The van der Waals surface area contributed by atoms with Gasteiger partial charge in [0.05, 0.1) is 22.8 Å². The van der Waals surface area contributed by atoms with Gasteiger partial charge in [-0.3, -0.25) is 0 Å². The molecule has 1 aromatic rings. The van der Waals surface area contributed by atoms with E-state index in [1.165, 1.54) is 10.6 Å². The smallest absolute Gasteiger partial charge is 0.334 e. The molecule has 0 aliphatic carbocycles. The molecular weight excluding hydrogens is 330 g/mol. The van der Waals surface area contributed by atoms with Gasteiger partial charge in [0.1, 0.15) is 0 Å². The third-order valence-corrected chi connectivity index (χ3v) is 6.82. The van der Waals surface area contributed by atoms with E-state index in [1.807, 2.05) is 13.8 Å². The number of sulfonamides is 1. The third kappa shape index (κ3) is 2.93. The highest BCUT2D eigenvalue weighted by Gasteiger charge is 2.43. The summed E-state index contributed by atoms with van der Waals surface area (Å²) in [5, 5.41) is 9.31. The highest BCUT2D eigenvalue weighted by atomic mass is 32.2. The van der Waals surface area contributed by atoms with Gasteiger partial charge < -0.3 is 9.84 Å². The summed E-state index contributed by atoms with van der Waals surface area (Å²) in [6.45, 7) is 4.35. The van der Waals surface area contributed by atoms with Gasteiger partial charge in [0.25, 0.3) is 0 Å². The quantitative estimate of drug-likeness (QED) is 0.900. The maximum Gasteiger partial charge on any atom is 0.334 e. The van der Waals surface area contributed by atoms with E-state index in [1.54, 1.807) is 24.3 Å². The highest BCUT2D eigenvalue weighted by Crippen LogP contribution is 2.38. The van der Waals surface area contributed by atoms with Gasteiger partial charge in [-0.05, 0) is 32.4 Å². The average molecular weight is 351 g/mol. The molecular formula is C17H21NO5S. The second-order valence-corrected chi connectivity index (χ2v) is 8.39. The number of aryl methyl sites for hydroxylation is 1. The molecule has 1 saturated heterocycles. The fraction of sp³-hybridized carbons (Fsp3) is 0.471. The van der Waals surface area contributed by atoms with Gasteiger partial charge in [-0.2, -0.15) is 4.31 Å². The van der Waals surface area contributed by atoms with E-state index in [9.17, 15) is 18.3 Å². The fourth-order valence-corrected chi connectivity index (χ4v) is 4.96. The number of nitrogens with zero attached hydrogens (tertiary/aromatic N) is 1. The van der Waals surface area contributed by atoms with Gasteiger partial charge in [-0.15, -0.1) is 0 Å². The van der Waals surface area contributed by atoms with Crippen LogP contribution >= 0.6 is 0 Å². The van der Waals surface area contributed by atoms with Crippen molar-refractivity contribution >= 4 is 16.0 Å². The lowest BCUT2D eigenvalue weighted by molar-refractivity contribution is -0.135. The van der Waals surface area contributed by atoms with Crippen molar-refractivity contribution in [1.29, 1.82) is 0 Å². The van der Waals surface area contributed by atoms with Crippen LogP contribution in [-0.2, 0) is 19.6 Å². The number of benzene rings is 1. The van der Waals surface area contributed by atoms with Crippen LogP contribution in [0.15, 0.2) is 41.0 Å². The molecule has 0 spiro atoms. The van der Waals surface area contributed by atoms with Crippen molar-refractivity contribution in [1.82, 2.24) is 4.31 Å². The van der Waals surface area contributed by atoms with Crippen LogP contribution in [0, 0.1) is 18.8 Å². The number of carboxylic acid groups (broad SMARTS) is 1. The zero-order chi connectivity index (χ0) is 17.5. The average Bonchev–Trinajstić information content (AvgIpc) is 2.55. The van der Waals surface area contributed by atoms with Crippen LogP contribution in [0.25, 0.3) is 0 Å². The number of fused-ring (bicyclic) bond motifs is 1. The summed E-state index contributed by atoms with van der Waals surface area (Å²) in [6.07, 6.45) is 1.59. The van der Waals surface area contributed by atoms with Gasteiger partial charge in [0.15, 0.2) is 0 Å². The number of aliphatic carboxylic acids is 1. The van der Waals surface area contributed by atoms with Gasteiger partial charge in [-0.1, -0.05) is 17.7 Å². The molecule has 2 heterocycles. The molecule has 1 aromatic carbocycles. The van der Waals surface area contributed by atoms with E-state index < -0.39 is 16.0 Å². The number of carbonyl (C=O) groups is 1. The number of piperidine rings is 1. The second kappa shape index (κ2) is 6.22. The number of carboxylic acids is 1. The standard InChI is InChI=1S/C17H21NO5S/c1-11-3-5-13(6-4-11)24(21,22)18-8-7-14-15(9-18)12(2)23-10-16(14)17(19)20/h3-6,10,12,14-15H,7-9H2,1-2H3,(H,19,20)/t12-,14-,15+/m0/s1. The number of ether oxygens (including phenoxy) is 1. The van der Waals surface area contributed by atoms with E-state index in [0.717, 1.165) is 5.56 Å². The van der Waals surface area contributed by atoms with E-state index in [2.05, 4.69) is 0 Å². The Morgan fingerprint density at radius 2 is 1.96 bits per heavy atom. The lowest BCUT2D eigenvalue weighted by Crippen LogP contribution is -2.49. The van der Waals surface area contributed by atoms with Crippen LogP contribution in [0.2, 0.25) is 0 Å². The molecule has 2 aliphatic heterocycles. The SMILES string of the molecule is Cc1ccc(S(=O)(=O)N2CC[C@@H]3C(C(=O)O)=CO[C@@H](C)[C@H]3C2)cc1. The Morgan fingerprint density at radius 1 is 1.29 bits per heavy atom. The van der Waals surface area contributed by atoms with Crippen LogP contribution < -0.4 is 0 Å². The third-order valence-electron chi connectivity index (χ3n) is 4.94. The van der Waals surface area contributed by atoms with Crippen molar-refractivity contribution in [3.63, 3.8) is 0 Å². The summed E-state index contributed by atoms with van der Waals surface area (Å²) in [6, 6.07) is 6.77. The minimum atomic E-state index is -3.58. The van der Waals surface area contributed by atoms with E-state index >= 15 is 0 Å². The first kappa shape index (κ1) is 17.0. The zero-order valence-electron chi connectivity index (χ0n) is 13.7. The Hall–Kier alpha value is -1.86. The number of hydrogen-bond donors (Lipinski definition) is 1. The van der Waals surface area contributed by atoms with Gasteiger partial charge >= 0.3 is 5.97 Å². The van der Waals surface area contributed by atoms with Gasteiger partial charge in [0, 0.05) is 24.9 Å². The molecule has 2 aliphatic rings. The minimum absolute atomic E-state index is 0.157. The van der Waals surface area contributed by atoms with Crippen LogP contribution in [-0.4, -0.2) is 43.0 Å². The first-order chi connectivity index (χ1) is 11.3. The Labute approximate surface area is 141 Å². The molecule has 3 rings (SSSR count). The molecule has 0 saturated carbocycles. The summed E-state index contributed by atoms with van der Waals surface area (Å²) in [4.78, 5) is 11.6. The van der Waals surface area contributed by atoms with Crippen LogP contribution in [0.1, 0.15) is 18.9 Å². The Morgan fingerprint density at radius 3 is 2.58 bits per heavy atom. The fourth-order valence-electron chi connectivity index (χ4n) is 3.47. The highest BCUT2D eigenvalue weighted by molar-refractivity contribution is 7.89. The summed E-state index contributed by atoms with van der Waals surface area (Å²) >= 11 is 0. The van der Waals surface area contributed by atoms with Crippen LogP contribution in [0.4, 0.5) is 0 Å². The topological polar surface area (TPSA) is 83.9 Å². The van der Waals surface area contributed by atoms with Crippen molar-refractivity contribution < 1.29 is 23.1 Å². The predicted octanol–water partition coefficient (Wildman–Crippen LogP) is 2.01. The molecule has 0 radical (unpaired) electrons. The van der Waals surface area contributed by atoms with Gasteiger partial charge in [-0.25, -0.2) is 13.2 Å². The Bertz CT molecular complexity index is 769. The van der Waals surface area contributed by atoms with E-state index in [4.69, 9.17) is 4.74 Å². The van der Waals surface area contributed by atoms with E-state index in [-0.39, 0.29) is 35.0 Å². The van der Waals surface area contributed by atoms with Crippen molar-refractivity contribution in [3.8, 4) is 0 Å². The first-order valence-electron chi connectivity index (χ1n) is 7.96. The van der Waals surface area contributed by atoms with Crippen molar-refractivity contribution in [2.45, 2.75) is 31.3 Å². The molecule has 0 amide bonds. The van der Waals surface area contributed by atoms with Crippen LogP contribution in [0.3, 0.4) is 0 Å². The maximum absolute atomic E-state index is 12.8. The summed E-state index contributed by atoms with van der Waals surface area (Å²) in [5.74, 6) is -1.32. The number of hydrogen-bond acceptors (Lipinski definition) is 4. The molecule has 6 nitrogen and oxygen atoms in total. The molecule has 0 unspecified atom stereocenters. The Kier molecular flexibility index (Phi) is 4.40. The molecule has 24 heavy (non-hydrogen) atoms. The van der Waals surface area contributed by atoms with E-state index in [0.29, 0.717) is 13.0 Å². The molecule has 3 atom stereocenters. The normalized spacial score (nSPS) is 27.8. The lowest BCUT2D eigenvalue weighted by atomic mass is 9.77. The van der Waals surface area contributed by atoms with Crippen molar-refractivity contribution in [3.05, 3.63) is 41.7 Å². The first-order valence-corrected chi connectivity index (χ1v) is 9.40. The van der Waals surface area contributed by atoms with Crippen molar-refractivity contribution in [2.24, 2.45) is 11.8 Å². The van der Waals surface area contributed by atoms with Gasteiger partial charge in [0.2, 0.25) is 10.0 Å². The van der Waals surface area contributed by atoms with Crippen LogP contribution in [0.5, 0.6) is 0 Å².